The quantitative estimate of drug-likeness (QED) is 0.774. The molecule has 2 amide bonds. The Morgan fingerprint density at radius 1 is 0.929 bits per heavy atom. The second-order valence-corrected chi connectivity index (χ2v) is 7.29. The maximum atomic E-state index is 12.2. The fourth-order valence-electron chi connectivity index (χ4n) is 3.50. The molecule has 1 aromatic carbocycles. The minimum atomic E-state index is -0.172. The highest BCUT2D eigenvalue weighted by Gasteiger charge is 2.16. The molecule has 1 saturated heterocycles. The van der Waals surface area contributed by atoms with Crippen LogP contribution in [0, 0.1) is 6.92 Å². The Bertz CT molecular complexity index is 771. The van der Waals surface area contributed by atoms with E-state index in [0.29, 0.717) is 13.1 Å². The molecule has 6 heteroatoms. The number of aromatic nitrogens is 1. The molecule has 0 bridgehead atoms. The van der Waals surface area contributed by atoms with Gasteiger partial charge in [0.1, 0.15) is 0 Å². The number of nitrogens with one attached hydrogen (secondary N) is 2. The summed E-state index contributed by atoms with van der Waals surface area (Å²) in [5.41, 5.74) is 4.27. The van der Waals surface area contributed by atoms with Crippen LogP contribution < -0.4 is 10.6 Å². The monoisotopic (exact) mass is 381 g/mol. The number of nitrogens with zero attached hydrogens (tertiary/aromatic N) is 3. The summed E-state index contributed by atoms with van der Waals surface area (Å²) in [4.78, 5) is 21.6. The fourth-order valence-corrected chi connectivity index (χ4v) is 3.50. The van der Waals surface area contributed by atoms with Crippen LogP contribution in [0.2, 0.25) is 0 Å². The number of hydrogen-bond donors (Lipinski definition) is 2. The van der Waals surface area contributed by atoms with E-state index in [9.17, 15) is 4.79 Å². The summed E-state index contributed by atoms with van der Waals surface area (Å²) in [6.07, 6.45) is 0. The van der Waals surface area contributed by atoms with Gasteiger partial charge in [0.2, 0.25) is 0 Å². The summed E-state index contributed by atoms with van der Waals surface area (Å²) >= 11 is 0. The van der Waals surface area contributed by atoms with Crippen LogP contribution in [0.3, 0.4) is 0 Å². The van der Waals surface area contributed by atoms with Crippen LogP contribution in [0.25, 0.3) is 0 Å². The molecule has 2 N–H and O–H groups in total. The van der Waals surface area contributed by atoms with Gasteiger partial charge in [0, 0.05) is 45.0 Å². The highest BCUT2D eigenvalue weighted by molar-refractivity contribution is 5.73. The second kappa shape index (κ2) is 10.2. The standard InChI is InChI=1S/C22H31N5O/c1-3-26-11-13-27(14-12-26)17-20-9-5-4-8-19(20)15-23-22(28)24-16-21-10-6-7-18(2)25-21/h4-10H,3,11-17H2,1-2H3,(H2,23,24,28). The van der Waals surface area contributed by atoms with Crippen molar-refractivity contribution in [1.82, 2.24) is 25.4 Å². The average molecular weight is 382 g/mol. The van der Waals surface area contributed by atoms with Crippen molar-refractivity contribution in [3.63, 3.8) is 0 Å². The predicted octanol–water partition coefficient (Wildman–Crippen LogP) is 2.53. The Morgan fingerprint density at radius 3 is 2.32 bits per heavy atom. The first-order valence-corrected chi connectivity index (χ1v) is 10.1. The largest absolute Gasteiger partial charge is 0.334 e. The first-order chi connectivity index (χ1) is 13.6. The van der Waals surface area contributed by atoms with Crippen LogP contribution in [0.15, 0.2) is 42.5 Å². The van der Waals surface area contributed by atoms with E-state index in [1.165, 1.54) is 11.1 Å². The van der Waals surface area contributed by atoms with Gasteiger partial charge in [-0.2, -0.15) is 0 Å². The van der Waals surface area contributed by atoms with Crippen molar-refractivity contribution >= 4 is 6.03 Å². The molecule has 6 nitrogen and oxygen atoms in total. The number of amides is 2. The van der Waals surface area contributed by atoms with Gasteiger partial charge in [0.25, 0.3) is 0 Å². The molecular weight excluding hydrogens is 350 g/mol. The van der Waals surface area contributed by atoms with Crippen LogP contribution >= 0.6 is 0 Å². The number of piperazine rings is 1. The van der Waals surface area contributed by atoms with E-state index in [1.807, 2.05) is 31.2 Å². The Balaban J connectivity index is 1.48. The summed E-state index contributed by atoms with van der Waals surface area (Å²) in [6.45, 7) is 11.6. The highest BCUT2D eigenvalue weighted by Crippen LogP contribution is 2.13. The Morgan fingerprint density at radius 2 is 1.61 bits per heavy atom. The number of urea groups is 1. The summed E-state index contributed by atoms with van der Waals surface area (Å²) in [5.74, 6) is 0. The van der Waals surface area contributed by atoms with E-state index < -0.39 is 0 Å². The lowest BCUT2D eigenvalue weighted by atomic mass is 10.1. The Labute approximate surface area is 167 Å². The molecule has 0 aliphatic carbocycles. The van der Waals surface area contributed by atoms with Gasteiger partial charge in [0.15, 0.2) is 0 Å². The van der Waals surface area contributed by atoms with Gasteiger partial charge in [-0.25, -0.2) is 4.79 Å². The number of rotatable bonds is 7. The minimum absolute atomic E-state index is 0.172. The summed E-state index contributed by atoms with van der Waals surface area (Å²) < 4.78 is 0. The van der Waals surface area contributed by atoms with Crippen molar-refractivity contribution in [2.45, 2.75) is 33.5 Å². The van der Waals surface area contributed by atoms with Crippen LogP contribution in [0.1, 0.15) is 29.4 Å². The molecule has 1 aliphatic heterocycles. The molecule has 0 atom stereocenters. The zero-order valence-corrected chi connectivity index (χ0v) is 16.9. The lowest BCUT2D eigenvalue weighted by Gasteiger charge is -2.34. The van der Waals surface area contributed by atoms with E-state index in [-0.39, 0.29) is 6.03 Å². The third-order valence-electron chi connectivity index (χ3n) is 5.24. The average Bonchev–Trinajstić information content (AvgIpc) is 2.72. The van der Waals surface area contributed by atoms with Crippen molar-refractivity contribution in [3.8, 4) is 0 Å². The van der Waals surface area contributed by atoms with Gasteiger partial charge >= 0.3 is 6.03 Å². The molecule has 0 spiro atoms. The van der Waals surface area contributed by atoms with Gasteiger partial charge in [-0.05, 0) is 36.7 Å². The number of likely N-dealkylation sites (N-methyl/N-ethyl adjacent to an activating group) is 1. The number of hydrogen-bond acceptors (Lipinski definition) is 4. The van der Waals surface area contributed by atoms with E-state index in [1.54, 1.807) is 0 Å². The summed E-state index contributed by atoms with van der Waals surface area (Å²) in [5, 5.41) is 5.85. The molecule has 1 aromatic heterocycles. The number of carbonyl (C=O) groups is 1. The Hall–Kier alpha value is -2.44. The first kappa shape index (κ1) is 20.3. The van der Waals surface area contributed by atoms with Crippen molar-refractivity contribution in [2.75, 3.05) is 32.7 Å². The normalized spacial score (nSPS) is 15.4. The molecule has 0 unspecified atom stereocenters. The zero-order chi connectivity index (χ0) is 19.8. The molecule has 0 radical (unpaired) electrons. The van der Waals surface area contributed by atoms with Crippen LogP contribution in [-0.4, -0.2) is 53.5 Å². The van der Waals surface area contributed by atoms with Crippen molar-refractivity contribution in [2.24, 2.45) is 0 Å². The van der Waals surface area contributed by atoms with Gasteiger partial charge in [-0.3, -0.25) is 9.88 Å². The van der Waals surface area contributed by atoms with Crippen molar-refractivity contribution in [3.05, 3.63) is 65.0 Å². The third-order valence-corrected chi connectivity index (χ3v) is 5.24. The zero-order valence-electron chi connectivity index (χ0n) is 16.9. The van der Waals surface area contributed by atoms with Gasteiger partial charge < -0.3 is 15.5 Å². The number of pyridine rings is 1. The van der Waals surface area contributed by atoms with Gasteiger partial charge in [-0.15, -0.1) is 0 Å². The van der Waals surface area contributed by atoms with Crippen LogP contribution in [0.4, 0.5) is 4.79 Å². The third kappa shape index (κ3) is 6.04. The molecular formula is C22H31N5O. The van der Waals surface area contributed by atoms with Gasteiger partial charge in [-0.1, -0.05) is 37.3 Å². The van der Waals surface area contributed by atoms with Gasteiger partial charge in [0.05, 0.1) is 12.2 Å². The SMILES string of the molecule is CCN1CCN(Cc2ccccc2CNC(=O)NCc2cccc(C)n2)CC1. The highest BCUT2D eigenvalue weighted by atomic mass is 16.2. The smallest absolute Gasteiger partial charge is 0.315 e. The van der Waals surface area contributed by atoms with E-state index in [2.05, 4.69) is 50.5 Å². The molecule has 2 aromatic rings. The number of carbonyl (C=O) groups excluding carboxylic acids is 1. The maximum absolute atomic E-state index is 12.2. The predicted molar refractivity (Wildman–Crippen MR) is 112 cm³/mol. The van der Waals surface area contributed by atoms with E-state index >= 15 is 0 Å². The minimum Gasteiger partial charge on any atom is -0.334 e. The number of benzene rings is 1. The molecule has 1 fully saturated rings. The molecule has 0 saturated carbocycles. The van der Waals surface area contributed by atoms with Crippen LogP contribution in [0.5, 0.6) is 0 Å². The topological polar surface area (TPSA) is 60.5 Å². The molecule has 28 heavy (non-hydrogen) atoms. The molecule has 1 aliphatic rings. The fraction of sp³-hybridized carbons (Fsp3) is 0.455. The second-order valence-electron chi connectivity index (χ2n) is 7.29. The summed E-state index contributed by atoms with van der Waals surface area (Å²) in [6, 6.07) is 14.0. The van der Waals surface area contributed by atoms with E-state index in [0.717, 1.165) is 50.7 Å². The molecule has 150 valence electrons. The van der Waals surface area contributed by atoms with E-state index in [4.69, 9.17) is 0 Å². The van der Waals surface area contributed by atoms with Crippen molar-refractivity contribution < 1.29 is 4.79 Å². The lowest BCUT2D eigenvalue weighted by molar-refractivity contribution is 0.131. The molecule has 2 heterocycles. The summed E-state index contributed by atoms with van der Waals surface area (Å²) in [7, 11) is 0. The molecule has 3 rings (SSSR count). The lowest BCUT2D eigenvalue weighted by Crippen LogP contribution is -2.45. The maximum Gasteiger partial charge on any atom is 0.315 e. The number of aryl methyl sites for hydroxylation is 1. The Kier molecular flexibility index (Phi) is 7.39. The first-order valence-electron chi connectivity index (χ1n) is 10.1. The van der Waals surface area contributed by atoms with Crippen molar-refractivity contribution in [1.29, 1.82) is 0 Å². The van der Waals surface area contributed by atoms with Crippen LogP contribution in [-0.2, 0) is 19.6 Å².